The molecule has 0 amide bonds. The van der Waals surface area contributed by atoms with Crippen LogP contribution in [0.5, 0.6) is 11.5 Å². The fourth-order valence-electron chi connectivity index (χ4n) is 5.09. The molecule has 0 saturated heterocycles. The molecule has 6 heteroatoms. The zero-order chi connectivity index (χ0) is 27.8. The van der Waals surface area contributed by atoms with Crippen molar-refractivity contribution in [3.05, 3.63) is 126 Å². The van der Waals surface area contributed by atoms with Gasteiger partial charge in [-0.1, -0.05) is 78.9 Å². The predicted molar refractivity (Wildman–Crippen MR) is 155 cm³/mol. The van der Waals surface area contributed by atoms with Gasteiger partial charge in [-0.15, -0.1) is 0 Å². The molecule has 4 aromatic carbocycles. The summed E-state index contributed by atoms with van der Waals surface area (Å²) in [6.07, 6.45) is 1.72. The minimum absolute atomic E-state index is 0.0264. The third-order valence-corrected chi connectivity index (χ3v) is 7.34. The highest BCUT2D eigenvalue weighted by Crippen LogP contribution is 2.51. The van der Waals surface area contributed by atoms with Gasteiger partial charge in [0.05, 0.1) is 26.9 Å². The number of para-hydroxylation sites is 1. The molecule has 6 nitrogen and oxygen atoms in total. The van der Waals surface area contributed by atoms with Crippen LogP contribution in [0.3, 0.4) is 0 Å². The van der Waals surface area contributed by atoms with Gasteiger partial charge < -0.3 is 24.3 Å². The summed E-state index contributed by atoms with van der Waals surface area (Å²) in [5.41, 5.74) is 2.27. The maximum atomic E-state index is 14.4. The second-order valence-corrected chi connectivity index (χ2v) is 9.95. The number of esters is 1. The van der Waals surface area contributed by atoms with Gasteiger partial charge in [0.1, 0.15) is 18.1 Å². The Hall–Kier alpha value is -4.29. The van der Waals surface area contributed by atoms with Crippen molar-refractivity contribution in [2.45, 2.75) is 37.7 Å². The number of methoxy groups -OCH3 is 2. The van der Waals surface area contributed by atoms with Gasteiger partial charge in [0.25, 0.3) is 0 Å². The summed E-state index contributed by atoms with van der Waals surface area (Å²) >= 11 is 0. The zero-order valence-corrected chi connectivity index (χ0v) is 22.9. The molecule has 4 aromatic rings. The van der Waals surface area contributed by atoms with Crippen LogP contribution in [-0.4, -0.2) is 25.8 Å². The summed E-state index contributed by atoms with van der Waals surface area (Å²) < 4.78 is 23.8. The van der Waals surface area contributed by atoms with Crippen LogP contribution in [0.15, 0.2) is 109 Å². The van der Waals surface area contributed by atoms with Crippen molar-refractivity contribution in [1.82, 2.24) is 0 Å². The van der Waals surface area contributed by atoms with Crippen LogP contribution in [0.4, 0.5) is 5.69 Å². The molecule has 0 aromatic heterocycles. The van der Waals surface area contributed by atoms with E-state index in [4.69, 9.17) is 18.9 Å². The van der Waals surface area contributed by atoms with Crippen molar-refractivity contribution in [2.24, 2.45) is 5.92 Å². The molecule has 40 heavy (non-hydrogen) atoms. The van der Waals surface area contributed by atoms with E-state index >= 15 is 0 Å². The van der Waals surface area contributed by atoms with E-state index in [1.165, 1.54) is 0 Å². The Balaban J connectivity index is 1.56. The normalized spacial score (nSPS) is 14.9. The highest BCUT2D eigenvalue weighted by atomic mass is 16.6. The van der Waals surface area contributed by atoms with E-state index < -0.39 is 11.6 Å². The van der Waals surface area contributed by atoms with Crippen LogP contribution in [-0.2, 0) is 27.5 Å². The molecule has 0 radical (unpaired) electrons. The van der Waals surface area contributed by atoms with Crippen molar-refractivity contribution >= 4 is 11.7 Å². The van der Waals surface area contributed by atoms with Gasteiger partial charge in [0.2, 0.25) is 0 Å². The molecule has 0 aliphatic heterocycles. The Bertz CT molecular complexity index is 1370. The average Bonchev–Trinajstić information content (AvgIpc) is 3.87. The Morgan fingerprint density at radius 1 is 0.800 bits per heavy atom. The number of benzene rings is 4. The minimum atomic E-state index is -1.29. The smallest absolute Gasteiger partial charge is 0.341 e. The van der Waals surface area contributed by atoms with Crippen molar-refractivity contribution in [2.75, 3.05) is 19.5 Å². The van der Waals surface area contributed by atoms with Crippen molar-refractivity contribution < 1.29 is 23.7 Å². The van der Waals surface area contributed by atoms with E-state index in [-0.39, 0.29) is 25.1 Å². The lowest BCUT2D eigenvalue weighted by Crippen LogP contribution is -2.52. The van der Waals surface area contributed by atoms with Crippen LogP contribution in [0.1, 0.15) is 35.6 Å². The Morgan fingerprint density at radius 2 is 1.45 bits per heavy atom. The van der Waals surface area contributed by atoms with Gasteiger partial charge in [-0.05, 0) is 54.3 Å². The van der Waals surface area contributed by atoms with Crippen molar-refractivity contribution in [1.29, 1.82) is 0 Å². The van der Waals surface area contributed by atoms with Gasteiger partial charge in [0.15, 0.2) is 5.60 Å². The Labute approximate surface area is 235 Å². The molecular formula is C34H35NO5. The first-order chi connectivity index (χ1) is 19.6. The highest BCUT2D eigenvalue weighted by Gasteiger charge is 2.59. The van der Waals surface area contributed by atoms with Crippen molar-refractivity contribution in [3.63, 3.8) is 0 Å². The van der Waals surface area contributed by atoms with Crippen LogP contribution >= 0.6 is 0 Å². The summed E-state index contributed by atoms with van der Waals surface area (Å²) in [6, 6.07) is 34.6. The second-order valence-electron chi connectivity index (χ2n) is 9.95. The van der Waals surface area contributed by atoms with Crippen LogP contribution in [0, 0.1) is 5.92 Å². The van der Waals surface area contributed by atoms with Gasteiger partial charge in [-0.2, -0.15) is 0 Å². The Morgan fingerprint density at radius 3 is 2.10 bits per heavy atom. The van der Waals surface area contributed by atoms with E-state index in [0.29, 0.717) is 5.75 Å². The van der Waals surface area contributed by atoms with Gasteiger partial charge in [-0.25, -0.2) is 4.79 Å². The fourth-order valence-corrected chi connectivity index (χ4v) is 5.09. The van der Waals surface area contributed by atoms with Crippen LogP contribution in [0.2, 0.25) is 0 Å². The van der Waals surface area contributed by atoms with E-state index in [1.807, 2.05) is 109 Å². The first-order valence-corrected chi connectivity index (χ1v) is 13.6. The first-order valence-electron chi connectivity index (χ1n) is 13.6. The summed E-state index contributed by atoms with van der Waals surface area (Å²) in [6.45, 7) is 0.352. The molecule has 1 aliphatic rings. The molecular weight excluding hydrogens is 502 g/mol. The van der Waals surface area contributed by atoms with Gasteiger partial charge >= 0.3 is 5.97 Å². The largest absolute Gasteiger partial charge is 0.497 e. The quantitative estimate of drug-likeness (QED) is 0.186. The van der Waals surface area contributed by atoms with E-state index in [2.05, 4.69) is 5.32 Å². The van der Waals surface area contributed by atoms with Gasteiger partial charge in [-0.3, -0.25) is 0 Å². The van der Waals surface area contributed by atoms with E-state index in [0.717, 1.165) is 41.0 Å². The molecule has 0 spiro atoms. The lowest BCUT2D eigenvalue weighted by Gasteiger charge is -2.40. The number of hydrogen-bond donors (Lipinski definition) is 1. The minimum Gasteiger partial charge on any atom is -0.497 e. The fraction of sp³-hybridized carbons (Fsp3) is 0.265. The topological polar surface area (TPSA) is 66.0 Å². The molecule has 1 fully saturated rings. The summed E-state index contributed by atoms with van der Waals surface area (Å²) in [5, 5.41) is 3.64. The first kappa shape index (κ1) is 27.3. The van der Waals surface area contributed by atoms with Crippen LogP contribution < -0.4 is 14.8 Å². The number of nitrogens with one attached hydrogen (secondary N) is 1. The SMILES string of the molecule is COc1ccc(N[C@@H](c2ccccc2)[C@@](OCc2ccccc2OC)(C(=O)OCc2ccccc2)C2CC2)cc1. The molecule has 5 rings (SSSR count). The standard InChI is InChI=1S/C34H35NO5/c1-37-30-21-19-29(20-22-30)35-32(26-13-7-4-8-14-26)34(28-17-18-28,33(36)39-23-25-11-5-3-6-12-25)40-24-27-15-9-10-16-31(27)38-2/h3-16,19-22,28,32,35H,17-18,23-24H2,1-2H3/t32-,34+/m0/s1. The Kier molecular flexibility index (Phi) is 8.67. The number of hydrogen-bond acceptors (Lipinski definition) is 6. The third-order valence-electron chi connectivity index (χ3n) is 7.34. The number of rotatable bonds is 13. The van der Waals surface area contributed by atoms with E-state index in [9.17, 15) is 4.79 Å². The number of anilines is 1. The highest BCUT2D eigenvalue weighted by molar-refractivity contribution is 5.83. The molecule has 2 atom stereocenters. The number of ether oxygens (including phenoxy) is 4. The monoisotopic (exact) mass is 537 g/mol. The summed E-state index contributed by atoms with van der Waals surface area (Å²) in [7, 11) is 3.28. The predicted octanol–water partition coefficient (Wildman–Crippen LogP) is 6.97. The van der Waals surface area contributed by atoms with E-state index in [1.54, 1.807) is 14.2 Å². The molecule has 1 saturated carbocycles. The molecule has 0 unspecified atom stereocenters. The van der Waals surface area contributed by atoms with Gasteiger partial charge in [0, 0.05) is 17.2 Å². The number of carbonyl (C=O) groups is 1. The van der Waals surface area contributed by atoms with Crippen LogP contribution in [0.25, 0.3) is 0 Å². The lowest BCUT2D eigenvalue weighted by molar-refractivity contribution is -0.183. The summed E-state index contributed by atoms with van der Waals surface area (Å²) in [4.78, 5) is 14.4. The maximum Gasteiger partial charge on any atom is 0.341 e. The average molecular weight is 538 g/mol. The van der Waals surface area contributed by atoms with Crippen molar-refractivity contribution in [3.8, 4) is 11.5 Å². The molecule has 1 N–H and O–H groups in total. The third kappa shape index (κ3) is 6.13. The molecule has 206 valence electrons. The second kappa shape index (κ2) is 12.7. The zero-order valence-electron chi connectivity index (χ0n) is 22.9. The summed E-state index contributed by atoms with van der Waals surface area (Å²) in [5.74, 6) is 1.05. The molecule has 1 aliphatic carbocycles. The number of carbonyl (C=O) groups excluding carboxylic acids is 1. The molecule has 0 heterocycles. The lowest BCUT2D eigenvalue weighted by atomic mass is 9.83. The molecule has 0 bridgehead atoms. The maximum absolute atomic E-state index is 14.4.